The Morgan fingerprint density at radius 1 is 1.44 bits per heavy atom. The molecule has 0 radical (unpaired) electrons. The zero-order valence-corrected chi connectivity index (χ0v) is 11.5. The molecule has 0 aliphatic carbocycles. The summed E-state index contributed by atoms with van der Waals surface area (Å²) in [6.07, 6.45) is 5.95. The summed E-state index contributed by atoms with van der Waals surface area (Å²) >= 11 is 0. The molecule has 102 valence electrons. The molecule has 2 rings (SSSR count). The maximum absolute atomic E-state index is 5.29. The lowest BCUT2D eigenvalue weighted by molar-refractivity contribution is 0.117. The zero-order valence-electron chi connectivity index (χ0n) is 11.5. The smallest absolute Gasteiger partial charge is 0.240 e. The van der Waals surface area contributed by atoms with E-state index < -0.39 is 0 Å². The topological polar surface area (TPSA) is 54.2 Å². The van der Waals surface area contributed by atoms with Gasteiger partial charge >= 0.3 is 0 Å². The van der Waals surface area contributed by atoms with Crippen LogP contribution < -0.4 is 5.32 Å². The molecule has 1 aliphatic heterocycles. The summed E-state index contributed by atoms with van der Waals surface area (Å²) in [5.74, 6) is 1.58. The van der Waals surface area contributed by atoms with Crippen molar-refractivity contribution in [2.24, 2.45) is 0 Å². The third-order valence-electron chi connectivity index (χ3n) is 3.64. The number of hydrogen-bond donors (Lipinski definition) is 1. The van der Waals surface area contributed by atoms with Crippen LogP contribution in [-0.2, 0) is 13.0 Å². The van der Waals surface area contributed by atoms with Gasteiger partial charge in [-0.3, -0.25) is 4.90 Å². The maximum atomic E-state index is 5.29. The Kier molecular flexibility index (Phi) is 5.13. The number of hydrogen-bond acceptors (Lipinski definition) is 5. The quantitative estimate of drug-likeness (QED) is 0.833. The van der Waals surface area contributed by atoms with E-state index in [9.17, 15) is 0 Å². The van der Waals surface area contributed by atoms with Crippen molar-refractivity contribution < 1.29 is 4.52 Å². The highest BCUT2D eigenvalue weighted by molar-refractivity contribution is 4.88. The van der Waals surface area contributed by atoms with Crippen molar-refractivity contribution in [3.8, 4) is 0 Å². The molecule has 0 saturated carbocycles. The Labute approximate surface area is 109 Å². The van der Waals surface area contributed by atoms with Crippen LogP contribution in [0.15, 0.2) is 4.52 Å². The average Bonchev–Trinajstić information content (AvgIpc) is 2.85. The van der Waals surface area contributed by atoms with Crippen LogP contribution in [0, 0.1) is 0 Å². The minimum absolute atomic E-state index is 0.656. The molecule has 1 fully saturated rings. The van der Waals surface area contributed by atoms with E-state index in [0.29, 0.717) is 6.04 Å². The molecule has 0 spiro atoms. The van der Waals surface area contributed by atoms with Gasteiger partial charge in [0.25, 0.3) is 0 Å². The van der Waals surface area contributed by atoms with Gasteiger partial charge < -0.3 is 9.84 Å². The highest BCUT2D eigenvalue weighted by Crippen LogP contribution is 2.21. The van der Waals surface area contributed by atoms with E-state index >= 15 is 0 Å². The number of piperidine rings is 1. The van der Waals surface area contributed by atoms with Crippen LogP contribution in [0.3, 0.4) is 0 Å². The average molecular weight is 252 g/mol. The number of aromatic nitrogens is 2. The van der Waals surface area contributed by atoms with Crippen molar-refractivity contribution in [3.05, 3.63) is 11.7 Å². The lowest BCUT2D eigenvalue weighted by Gasteiger charge is -2.34. The first kappa shape index (κ1) is 13.5. The molecule has 1 saturated heterocycles. The van der Waals surface area contributed by atoms with Crippen LogP contribution >= 0.6 is 0 Å². The highest BCUT2D eigenvalue weighted by Gasteiger charge is 2.23. The van der Waals surface area contributed by atoms with E-state index in [1.54, 1.807) is 0 Å². The summed E-state index contributed by atoms with van der Waals surface area (Å²) < 4.78 is 5.29. The van der Waals surface area contributed by atoms with E-state index in [2.05, 4.69) is 20.4 Å². The molecule has 5 heteroatoms. The lowest BCUT2D eigenvalue weighted by Crippen LogP contribution is -2.40. The maximum Gasteiger partial charge on any atom is 0.240 e. The van der Waals surface area contributed by atoms with Gasteiger partial charge in [0.05, 0.1) is 6.54 Å². The molecule has 0 amide bonds. The number of rotatable bonds is 6. The molecule has 0 aromatic carbocycles. The third-order valence-corrected chi connectivity index (χ3v) is 3.64. The SMILES string of the molecule is CCc1noc(CN2CCCCC2CCNC)n1. The van der Waals surface area contributed by atoms with Gasteiger partial charge in [0, 0.05) is 12.5 Å². The zero-order chi connectivity index (χ0) is 12.8. The van der Waals surface area contributed by atoms with E-state index in [1.807, 2.05) is 14.0 Å². The minimum atomic E-state index is 0.656. The van der Waals surface area contributed by atoms with Crippen molar-refractivity contribution in [2.45, 2.75) is 51.6 Å². The van der Waals surface area contributed by atoms with Crippen molar-refractivity contribution in [1.82, 2.24) is 20.4 Å². The van der Waals surface area contributed by atoms with Gasteiger partial charge in [-0.05, 0) is 39.4 Å². The lowest BCUT2D eigenvalue weighted by atomic mass is 9.99. The van der Waals surface area contributed by atoms with Crippen LogP contribution in [0.25, 0.3) is 0 Å². The van der Waals surface area contributed by atoms with Crippen LogP contribution in [0.5, 0.6) is 0 Å². The summed E-state index contributed by atoms with van der Waals surface area (Å²) in [6.45, 7) is 5.08. The molecule has 0 bridgehead atoms. The van der Waals surface area contributed by atoms with Gasteiger partial charge in [-0.15, -0.1) is 0 Å². The second kappa shape index (κ2) is 6.85. The summed E-state index contributed by atoms with van der Waals surface area (Å²) in [7, 11) is 2.01. The number of nitrogens with zero attached hydrogens (tertiary/aromatic N) is 3. The van der Waals surface area contributed by atoms with Crippen molar-refractivity contribution in [2.75, 3.05) is 20.1 Å². The molecule has 1 aromatic heterocycles. The molecule has 1 aromatic rings. The van der Waals surface area contributed by atoms with Gasteiger partial charge in [-0.2, -0.15) is 4.98 Å². The molecular weight excluding hydrogens is 228 g/mol. The fourth-order valence-corrected chi connectivity index (χ4v) is 2.58. The Morgan fingerprint density at radius 3 is 3.06 bits per heavy atom. The molecule has 1 atom stereocenters. The fourth-order valence-electron chi connectivity index (χ4n) is 2.58. The third kappa shape index (κ3) is 3.53. The number of likely N-dealkylation sites (tertiary alicyclic amines) is 1. The predicted molar refractivity (Wildman–Crippen MR) is 70.3 cm³/mol. The van der Waals surface area contributed by atoms with E-state index in [-0.39, 0.29) is 0 Å². The van der Waals surface area contributed by atoms with Crippen LogP contribution in [0.2, 0.25) is 0 Å². The monoisotopic (exact) mass is 252 g/mol. The van der Waals surface area contributed by atoms with Gasteiger partial charge in [-0.25, -0.2) is 0 Å². The molecule has 1 N–H and O–H groups in total. The molecule has 5 nitrogen and oxygen atoms in total. The largest absolute Gasteiger partial charge is 0.338 e. The summed E-state index contributed by atoms with van der Waals surface area (Å²) in [5, 5.41) is 7.20. The van der Waals surface area contributed by atoms with Crippen LogP contribution in [0.1, 0.15) is 44.3 Å². The summed E-state index contributed by atoms with van der Waals surface area (Å²) in [5.41, 5.74) is 0. The molecule has 18 heavy (non-hydrogen) atoms. The second-order valence-corrected chi connectivity index (χ2v) is 4.97. The highest BCUT2D eigenvalue weighted by atomic mass is 16.5. The fraction of sp³-hybridized carbons (Fsp3) is 0.846. The minimum Gasteiger partial charge on any atom is -0.338 e. The second-order valence-electron chi connectivity index (χ2n) is 4.97. The van der Waals surface area contributed by atoms with Crippen LogP contribution in [0.4, 0.5) is 0 Å². The van der Waals surface area contributed by atoms with Gasteiger partial charge in [0.15, 0.2) is 5.82 Å². The number of aryl methyl sites for hydroxylation is 1. The van der Waals surface area contributed by atoms with Crippen LogP contribution in [-0.4, -0.2) is 41.2 Å². The van der Waals surface area contributed by atoms with E-state index in [4.69, 9.17) is 4.52 Å². The Bertz CT molecular complexity index is 353. The Balaban J connectivity index is 1.91. The Morgan fingerprint density at radius 2 is 2.33 bits per heavy atom. The first-order chi connectivity index (χ1) is 8.83. The molecule has 2 heterocycles. The standard InChI is InChI=1S/C13H24N4O/c1-3-12-15-13(18-16-12)10-17-9-5-4-6-11(17)7-8-14-2/h11,14H,3-10H2,1-2H3. The summed E-state index contributed by atoms with van der Waals surface area (Å²) in [4.78, 5) is 6.90. The van der Waals surface area contributed by atoms with Gasteiger partial charge in [0.2, 0.25) is 5.89 Å². The molecule has 1 aliphatic rings. The molecular formula is C13H24N4O. The summed E-state index contributed by atoms with van der Waals surface area (Å²) in [6, 6.07) is 0.656. The first-order valence-corrected chi connectivity index (χ1v) is 7.03. The van der Waals surface area contributed by atoms with Gasteiger partial charge in [-0.1, -0.05) is 18.5 Å². The molecule has 1 unspecified atom stereocenters. The predicted octanol–water partition coefficient (Wildman–Crippen LogP) is 1.60. The van der Waals surface area contributed by atoms with E-state index in [0.717, 1.165) is 37.8 Å². The van der Waals surface area contributed by atoms with Crippen molar-refractivity contribution in [1.29, 1.82) is 0 Å². The number of nitrogens with one attached hydrogen (secondary N) is 1. The van der Waals surface area contributed by atoms with Gasteiger partial charge in [0.1, 0.15) is 0 Å². The van der Waals surface area contributed by atoms with Crippen molar-refractivity contribution in [3.63, 3.8) is 0 Å². The van der Waals surface area contributed by atoms with E-state index in [1.165, 1.54) is 25.7 Å². The first-order valence-electron chi connectivity index (χ1n) is 7.03. The van der Waals surface area contributed by atoms with Crippen molar-refractivity contribution >= 4 is 0 Å². The Hall–Kier alpha value is -0.940. The normalized spacial score (nSPS) is 21.3.